The molecule has 0 aliphatic rings. The molecule has 0 atom stereocenters. The number of nitrogens with one attached hydrogen (secondary N) is 1. The zero-order valence-electron chi connectivity index (χ0n) is 8.32. The second-order valence-electron chi connectivity index (χ2n) is 3.69. The minimum atomic E-state index is -0.0238. The summed E-state index contributed by atoms with van der Waals surface area (Å²) in [6.07, 6.45) is 1.91. The number of hydrogen-bond acceptors (Lipinski definition) is 1. The van der Waals surface area contributed by atoms with E-state index in [1.807, 2.05) is 48.1 Å². The van der Waals surface area contributed by atoms with Gasteiger partial charge in [-0.25, -0.2) is 0 Å². The Hall–Kier alpha value is -2.03. The van der Waals surface area contributed by atoms with E-state index in [4.69, 9.17) is 0 Å². The van der Waals surface area contributed by atoms with E-state index in [9.17, 15) is 4.79 Å². The van der Waals surface area contributed by atoms with Crippen LogP contribution < -0.4 is 5.56 Å². The average Bonchev–Trinajstić information content (AvgIpc) is 2.62. The van der Waals surface area contributed by atoms with E-state index >= 15 is 0 Å². The van der Waals surface area contributed by atoms with Crippen LogP contribution in [0, 0.1) is 0 Å². The van der Waals surface area contributed by atoms with Gasteiger partial charge >= 0.3 is 0 Å². The van der Waals surface area contributed by atoms with Gasteiger partial charge in [0.2, 0.25) is 0 Å². The molecule has 1 aromatic carbocycles. The first-order chi connectivity index (χ1) is 7.27. The number of hydrogen-bond donors (Lipinski definition) is 1. The lowest BCUT2D eigenvalue weighted by Crippen LogP contribution is -2.05. The Bertz CT molecular complexity index is 706. The van der Waals surface area contributed by atoms with Crippen molar-refractivity contribution in [1.29, 1.82) is 0 Å². The number of aromatic nitrogens is 2. The molecule has 0 spiro atoms. The van der Waals surface area contributed by atoms with E-state index in [-0.39, 0.29) is 5.56 Å². The summed E-state index contributed by atoms with van der Waals surface area (Å²) >= 11 is 0. The van der Waals surface area contributed by atoms with Gasteiger partial charge in [-0.15, -0.1) is 0 Å². The number of rotatable bonds is 0. The molecule has 0 fully saturated rings. The number of aryl methyl sites for hydroxylation is 1. The maximum absolute atomic E-state index is 11.7. The Morgan fingerprint density at radius 3 is 2.80 bits per heavy atom. The molecule has 2 heterocycles. The SMILES string of the molecule is Cn1ccc2c(=O)[nH]c3ccccc3c21. The highest BCUT2D eigenvalue weighted by Gasteiger charge is 2.06. The largest absolute Gasteiger partial charge is 0.350 e. The standard InChI is InChI=1S/C12H10N2O/c1-14-7-6-9-11(14)8-4-2-3-5-10(8)13-12(9)15/h2-7H,1H3,(H,13,15). The van der Waals surface area contributed by atoms with Crippen molar-refractivity contribution in [1.82, 2.24) is 9.55 Å². The Kier molecular flexibility index (Phi) is 1.51. The Morgan fingerprint density at radius 1 is 1.13 bits per heavy atom. The number of pyridine rings is 1. The molecule has 3 heteroatoms. The number of benzene rings is 1. The average molecular weight is 198 g/mol. The molecule has 15 heavy (non-hydrogen) atoms. The summed E-state index contributed by atoms with van der Waals surface area (Å²) in [5.41, 5.74) is 1.86. The second kappa shape index (κ2) is 2.73. The number of fused-ring (bicyclic) bond motifs is 3. The third kappa shape index (κ3) is 1.03. The first kappa shape index (κ1) is 8.29. The molecule has 3 aromatic rings. The van der Waals surface area contributed by atoms with E-state index in [2.05, 4.69) is 4.98 Å². The quantitative estimate of drug-likeness (QED) is 0.589. The predicted octanol–water partition coefficient (Wildman–Crippen LogP) is 2.02. The zero-order chi connectivity index (χ0) is 10.4. The van der Waals surface area contributed by atoms with Gasteiger partial charge in [0.05, 0.1) is 16.4 Å². The molecule has 0 amide bonds. The van der Waals surface area contributed by atoms with Crippen LogP contribution in [0.4, 0.5) is 0 Å². The smallest absolute Gasteiger partial charge is 0.257 e. The predicted molar refractivity (Wildman–Crippen MR) is 61.0 cm³/mol. The van der Waals surface area contributed by atoms with Crippen LogP contribution in [0.1, 0.15) is 0 Å². The molecule has 0 aliphatic heterocycles. The summed E-state index contributed by atoms with van der Waals surface area (Å²) in [6, 6.07) is 9.69. The Balaban J connectivity index is 2.74. The summed E-state index contributed by atoms with van der Waals surface area (Å²) in [5.74, 6) is 0. The van der Waals surface area contributed by atoms with Crippen LogP contribution in [-0.2, 0) is 7.05 Å². The van der Waals surface area contributed by atoms with E-state index in [1.54, 1.807) is 0 Å². The second-order valence-corrected chi connectivity index (χ2v) is 3.69. The van der Waals surface area contributed by atoms with E-state index in [0.29, 0.717) is 0 Å². The van der Waals surface area contributed by atoms with Crippen molar-refractivity contribution in [3.05, 3.63) is 46.9 Å². The maximum Gasteiger partial charge on any atom is 0.257 e. The number of aromatic amines is 1. The third-order valence-electron chi connectivity index (χ3n) is 2.75. The monoisotopic (exact) mass is 198 g/mol. The van der Waals surface area contributed by atoms with Gasteiger partial charge < -0.3 is 9.55 Å². The lowest BCUT2D eigenvalue weighted by atomic mass is 10.2. The fourth-order valence-corrected chi connectivity index (χ4v) is 2.04. The van der Waals surface area contributed by atoms with Crippen LogP contribution >= 0.6 is 0 Å². The number of para-hydroxylation sites is 1. The van der Waals surface area contributed by atoms with Crippen LogP contribution in [-0.4, -0.2) is 9.55 Å². The van der Waals surface area contributed by atoms with E-state index in [0.717, 1.165) is 21.8 Å². The van der Waals surface area contributed by atoms with Gasteiger partial charge in [-0.3, -0.25) is 4.79 Å². The van der Waals surface area contributed by atoms with Crippen LogP contribution in [0.2, 0.25) is 0 Å². The van der Waals surface area contributed by atoms with Crippen molar-refractivity contribution in [2.75, 3.05) is 0 Å². The molecular weight excluding hydrogens is 188 g/mol. The Labute approximate surface area is 86.0 Å². The molecule has 2 aromatic heterocycles. The minimum absolute atomic E-state index is 0.0238. The highest BCUT2D eigenvalue weighted by Crippen LogP contribution is 2.20. The van der Waals surface area contributed by atoms with Crippen molar-refractivity contribution in [2.45, 2.75) is 0 Å². The molecule has 74 valence electrons. The van der Waals surface area contributed by atoms with Gasteiger partial charge in [0, 0.05) is 18.6 Å². The summed E-state index contributed by atoms with van der Waals surface area (Å²) < 4.78 is 1.98. The molecule has 0 unspecified atom stereocenters. The van der Waals surface area contributed by atoms with Gasteiger partial charge in [-0.05, 0) is 12.1 Å². The van der Waals surface area contributed by atoms with Crippen molar-refractivity contribution in [2.24, 2.45) is 7.05 Å². The molecule has 0 saturated carbocycles. The first-order valence-electron chi connectivity index (χ1n) is 4.83. The molecule has 3 nitrogen and oxygen atoms in total. The first-order valence-corrected chi connectivity index (χ1v) is 4.83. The fraction of sp³-hybridized carbons (Fsp3) is 0.0833. The fourth-order valence-electron chi connectivity index (χ4n) is 2.04. The third-order valence-corrected chi connectivity index (χ3v) is 2.75. The molecule has 0 bridgehead atoms. The summed E-state index contributed by atoms with van der Waals surface area (Å²) in [5, 5.41) is 1.83. The van der Waals surface area contributed by atoms with Gasteiger partial charge in [0.1, 0.15) is 0 Å². The van der Waals surface area contributed by atoms with Crippen molar-refractivity contribution < 1.29 is 0 Å². The topological polar surface area (TPSA) is 37.8 Å². The van der Waals surface area contributed by atoms with Crippen molar-refractivity contribution >= 4 is 21.8 Å². The molecule has 0 aliphatic carbocycles. The highest BCUT2D eigenvalue weighted by atomic mass is 16.1. The van der Waals surface area contributed by atoms with Crippen LogP contribution in [0.5, 0.6) is 0 Å². The number of nitrogens with zero attached hydrogens (tertiary/aromatic N) is 1. The van der Waals surface area contributed by atoms with Gasteiger partial charge in [-0.1, -0.05) is 18.2 Å². The molecule has 1 N–H and O–H groups in total. The summed E-state index contributed by atoms with van der Waals surface area (Å²) in [6.45, 7) is 0. The van der Waals surface area contributed by atoms with Crippen LogP contribution in [0.25, 0.3) is 21.8 Å². The van der Waals surface area contributed by atoms with E-state index < -0.39 is 0 Å². The highest BCUT2D eigenvalue weighted by molar-refractivity contribution is 6.03. The zero-order valence-corrected chi connectivity index (χ0v) is 8.32. The van der Waals surface area contributed by atoms with Crippen molar-refractivity contribution in [3.63, 3.8) is 0 Å². The van der Waals surface area contributed by atoms with Crippen LogP contribution in [0.3, 0.4) is 0 Å². The molecule has 0 radical (unpaired) electrons. The normalized spacial score (nSPS) is 11.3. The van der Waals surface area contributed by atoms with Gasteiger partial charge in [-0.2, -0.15) is 0 Å². The van der Waals surface area contributed by atoms with Crippen LogP contribution in [0.15, 0.2) is 41.3 Å². The number of H-pyrrole nitrogens is 1. The van der Waals surface area contributed by atoms with Crippen molar-refractivity contribution in [3.8, 4) is 0 Å². The Morgan fingerprint density at radius 2 is 1.93 bits per heavy atom. The molecular formula is C12H10N2O. The molecule has 0 saturated heterocycles. The maximum atomic E-state index is 11.7. The summed E-state index contributed by atoms with van der Waals surface area (Å²) in [7, 11) is 1.95. The van der Waals surface area contributed by atoms with E-state index in [1.165, 1.54) is 0 Å². The molecule has 3 rings (SSSR count). The van der Waals surface area contributed by atoms with Gasteiger partial charge in [0.15, 0.2) is 0 Å². The minimum Gasteiger partial charge on any atom is -0.350 e. The van der Waals surface area contributed by atoms with Gasteiger partial charge in [0.25, 0.3) is 5.56 Å². The lowest BCUT2D eigenvalue weighted by molar-refractivity contribution is 0.972. The summed E-state index contributed by atoms with van der Waals surface area (Å²) in [4.78, 5) is 14.6. The lowest BCUT2D eigenvalue weighted by Gasteiger charge is -2.01.